The number of rotatable bonds is 8. The highest BCUT2D eigenvalue weighted by Crippen LogP contribution is 2.49. The molecule has 0 radical (unpaired) electrons. The molecule has 6 rings (SSSR count). The van der Waals surface area contributed by atoms with Crippen LogP contribution in [0.1, 0.15) is 62.8 Å². The lowest BCUT2D eigenvalue weighted by molar-refractivity contribution is -0.0939. The molecule has 3 fully saturated rings. The summed E-state index contributed by atoms with van der Waals surface area (Å²) in [6, 6.07) is 23.3. The van der Waals surface area contributed by atoms with Crippen LogP contribution in [0.4, 0.5) is 0 Å². The second-order valence-corrected chi connectivity index (χ2v) is 10.6. The second kappa shape index (κ2) is 8.67. The summed E-state index contributed by atoms with van der Waals surface area (Å²) in [5.74, 6) is 3.12. The molecule has 3 aliphatic rings. The third-order valence-corrected chi connectivity index (χ3v) is 7.98. The first-order chi connectivity index (χ1) is 16.7. The summed E-state index contributed by atoms with van der Waals surface area (Å²) in [5, 5.41) is 15.3. The molecule has 0 saturated heterocycles. The van der Waals surface area contributed by atoms with Gasteiger partial charge in [-0.25, -0.2) is 9.67 Å². The van der Waals surface area contributed by atoms with Crippen LogP contribution in [0.25, 0.3) is 11.4 Å². The van der Waals surface area contributed by atoms with Crippen molar-refractivity contribution in [3.05, 3.63) is 72.1 Å². The highest BCUT2D eigenvalue weighted by Gasteiger charge is 2.49. The van der Waals surface area contributed by atoms with Crippen molar-refractivity contribution in [1.29, 1.82) is 5.26 Å². The van der Waals surface area contributed by atoms with E-state index in [4.69, 9.17) is 14.8 Å². The predicted molar refractivity (Wildman–Crippen MR) is 131 cm³/mol. The van der Waals surface area contributed by atoms with Gasteiger partial charge in [-0.15, -0.1) is 0 Å². The van der Waals surface area contributed by atoms with Crippen molar-refractivity contribution in [3.63, 3.8) is 0 Å². The monoisotopic (exact) mass is 452 g/mol. The second-order valence-electron chi connectivity index (χ2n) is 10.6. The molecule has 3 aromatic rings. The molecule has 0 spiro atoms. The maximum Gasteiger partial charge on any atom is 0.183 e. The van der Waals surface area contributed by atoms with Gasteiger partial charge in [0.05, 0.1) is 18.1 Å². The van der Waals surface area contributed by atoms with Crippen LogP contribution in [-0.2, 0) is 22.3 Å². The van der Waals surface area contributed by atoms with Crippen molar-refractivity contribution < 1.29 is 4.74 Å². The van der Waals surface area contributed by atoms with E-state index in [1.54, 1.807) is 0 Å². The molecule has 0 aliphatic heterocycles. The molecule has 0 N–H and O–H groups in total. The fourth-order valence-corrected chi connectivity index (χ4v) is 5.31. The average Bonchev–Trinajstić information content (AvgIpc) is 3.83. The highest BCUT2D eigenvalue weighted by molar-refractivity contribution is 5.55. The fraction of sp³-hybridized carbons (Fsp3) is 0.483. The van der Waals surface area contributed by atoms with E-state index in [0.29, 0.717) is 11.8 Å². The minimum absolute atomic E-state index is 0.466. The Morgan fingerprint density at radius 3 is 2.15 bits per heavy atom. The van der Waals surface area contributed by atoms with E-state index in [2.05, 4.69) is 47.1 Å². The van der Waals surface area contributed by atoms with Crippen molar-refractivity contribution >= 4 is 0 Å². The summed E-state index contributed by atoms with van der Waals surface area (Å²) in [6.07, 6.45) is 8.10. The molecule has 5 nitrogen and oxygen atoms in total. The molecule has 1 heterocycles. The summed E-state index contributed by atoms with van der Waals surface area (Å²) >= 11 is 0. The molecule has 0 atom stereocenters. The molecule has 0 amide bonds. The molecule has 3 saturated carbocycles. The van der Waals surface area contributed by atoms with Gasteiger partial charge in [-0.1, -0.05) is 60.7 Å². The third-order valence-electron chi connectivity index (χ3n) is 7.98. The van der Waals surface area contributed by atoms with Gasteiger partial charge in [-0.3, -0.25) is 0 Å². The standard InChI is InChI=1S/C29H32N4O/c30-21-28(25-9-5-2-6-10-25)15-17-29(18-16-28,34-20-23-13-14-23)27-31-26(24-7-3-1-4-8-24)33(32-27)19-22-11-12-22/h1-10,22-23H,11-20H2/t28-,29-. The number of benzene rings is 2. The van der Waals surface area contributed by atoms with Crippen molar-refractivity contribution in [2.45, 2.75) is 68.9 Å². The summed E-state index contributed by atoms with van der Waals surface area (Å²) in [6.45, 7) is 1.69. The van der Waals surface area contributed by atoms with Crippen LogP contribution in [0.2, 0.25) is 0 Å². The quantitative estimate of drug-likeness (QED) is 0.420. The van der Waals surface area contributed by atoms with E-state index < -0.39 is 11.0 Å². The Labute approximate surface area is 201 Å². The largest absolute Gasteiger partial charge is 0.367 e. The van der Waals surface area contributed by atoms with Crippen LogP contribution in [0, 0.1) is 23.2 Å². The minimum Gasteiger partial charge on any atom is -0.367 e. The topological polar surface area (TPSA) is 63.7 Å². The van der Waals surface area contributed by atoms with E-state index >= 15 is 0 Å². The lowest BCUT2D eigenvalue weighted by Crippen LogP contribution is -2.42. The maximum atomic E-state index is 10.2. The SMILES string of the molecule is N#C[C@]1(c2ccccc2)CC[C@@](OCC2CC2)(c2nc(-c3ccccc3)n(CC3CC3)n2)CC1. The Hall–Kier alpha value is -2.97. The molecule has 0 unspecified atom stereocenters. The van der Waals surface area contributed by atoms with Gasteiger partial charge in [0.2, 0.25) is 0 Å². The molecular formula is C29H32N4O. The van der Waals surface area contributed by atoms with Crippen LogP contribution < -0.4 is 0 Å². The summed E-state index contributed by atoms with van der Waals surface area (Å²) in [5.41, 5.74) is 1.24. The van der Waals surface area contributed by atoms with Crippen molar-refractivity contribution in [2.75, 3.05) is 6.61 Å². The van der Waals surface area contributed by atoms with E-state index in [-0.39, 0.29) is 0 Å². The zero-order valence-corrected chi connectivity index (χ0v) is 19.7. The third kappa shape index (κ3) is 4.16. The van der Waals surface area contributed by atoms with Crippen molar-refractivity contribution in [1.82, 2.24) is 14.8 Å². The molecule has 1 aromatic heterocycles. The Bertz CT molecular complexity index is 1160. The molecule has 2 aromatic carbocycles. The van der Waals surface area contributed by atoms with Crippen molar-refractivity contribution in [2.24, 2.45) is 11.8 Å². The Morgan fingerprint density at radius 1 is 0.882 bits per heavy atom. The fourth-order valence-electron chi connectivity index (χ4n) is 5.31. The van der Waals surface area contributed by atoms with Gasteiger partial charge in [0.1, 0.15) is 5.60 Å². The molecule has 34 heavy (non-hydrogen) atoms. The Kier molecular flexibility index (Phi) is 5.50. The zero-order chi connectivity index (χ0) is 23.0. The molecule has 5 heteroatoms. The zero-order valence-electron chi connectivity index (χ0n) is 19.7. The normalized spacial score (nSPS) is 26.8. The van der Waals surface area contributed by atoms with E-state index in [1.165, 1.54) is 25.7 Å². The predicted octanol–water partition coefficient (Wildman–Crippen LogP) is 6.01. The van der Waals surface area contributed by atoms with Crippen LogP contribution in [0.5, 0.6) is 0 Å². The van der Waals surface area contributed by atoms with E-state index in [9.17, 15) is 5.26 Å². The lowest BCUT2D eigenvalue weighted by Gasteiger charge is -2.42. The Morgan fingerprint density at radius 2 is 1.53 bits per heavy atom. The number of hydrogen-bond donors (Lipinski definition) is 0. The first-order valence-electron chi connectivity index (χ1n) is 12.8. The van der Waals surface area contributed by atoms with Gasteiger partial charge in [0.15, 0.2) is 11.6 Å². The molecule has 174 valence electrons. The summed E-state index contributed by atoms with van der Waals surface area (Å²) in [4.78, 5) is 5.15. The summed E-state index contributed by atoms with van der Waals surface area (Å²) in [7, 11) is 0. The van der Waals surface area contributed by atoms with Crippen LogP contribution >= 0.6 is 0 Å². The van der Waals surface area contributed by atoms with Gasteiger partial charge in [-0.05, 0) is 68.8 Å². The number of nitriles is 1. The first-order valence-corrected chi connectivity index (χ1v) is 12.8. The van der Waals surface area contributed by atoms with Gasteiger partial charge in [-0.2, -0.15) is 10.4 Å². The van der Waals surface area contributed by atoms with Crippen LogP contribution in [0.3, 0.4) is 0 Å². The highest BCUT2D eigenvalue weighted by atomic mass is 16.5. The van der Waals surface area contributed by atoms with E-state index in [1.807, 2.05) is 24.3 Å². The van der Waals surface area contributed by atoms with Gasteiger partial charge in [0.25, 0.3) is 0 Å². The first kappa shape index (κ1) is 21.6. The smallest absolute Gasteiger partial charge is 0.183 e. The maximum absolute atomic E-state index is 10.2. The minimum atomic E-state index is -0.518. The van der Waals surface area contributed by atoms with Gasteiger partial charge in [0, 0.05) is 12.1 Å². The number of aromatic nitrogens is 3. The lowest BCUT2D eigenvalue weighted by atomic mass is 9.65. The molecular weight excluding hydrogens is 420 g/mol. The molecule has 3 aliphatic carbocycles. The number of ether oxygens (including phenoxy) is 1. The van der Waals surface area contributed by atoms with E-state index in [0.717, 1.165) is 61.6 Å². The van der Waals surface area contributed by atoms with Crippen LogP contribution in [0.15, 0.2) is 60.7 Å². The summed E-state index contributed by atoms with van der Waals surface area (Å²) < 4.78 is 8.85. The Balaban J connectivity index is 1.35. The van der Waals surface area contributed by atoms with Gasteiger partial charge >= 0.3 is 0 Å². The number of nitrogens with zero attached hydrogens (tertiary/aromatic N) is 4. The molecule has 0 bridgehead atoms. The van der Waals surface area contributed by atoms with Crippen LogP contribution in [-0.4, -0.2) is 21.4 Å². The van der Waals surface area contributed by atoms with Gasteiger partial charge < -0.3 is 4.74 Å². The van der Waals surface area contributed by atoms with Crippen molar-refractivity contribution in [3.8, 4) is 17.5 Å². The number of hydrogen-bond acceptors (Lipinski definition) is 4. The average molecular weight is 453 g/mol.